The molecule has 1 amide bonds. The van der Waals surface area contributed by atoms with Crippen LogP contribution in [0.5, 0.6) is 23.0 Å². The minimum atomic E-state index is -4.27. The van der Waals surface area contributed by atoms with Gasteiger partial charge >= 0.3 is 0 Å². The standard InChI is InChI=1S/C27H31ClN2O7S/c1-18(2)37-21-9-6-19(7-10-21)16-29-27(31)17-30(23-14-20(28)8-12-24(23)34-3)38(32,33)22-11-13-25(35-4)26(15-22)36-5/h6-15,18H,16-17H2,1-5H3,(H,29,31). The molecular formula is C27H31ClN2O7S. The Morgan fingerprint density at radius 3 is 2.13 bits per heavy atom. The largest absolute Gasteiger partial charge is 0.495 e. The lowest BCUT2D eigenvalue weighted by Crippen LogP contribution is -2.40. The lowest BCUT2D eigenvalue weighted by molar-refractivity contribution is -0.119. The van der Waals surface area contributed by atoms with Crippen LogP contribution in [-0.2, 0) is 21.4 Å². The number of halogens is 1. The second kappa shape index (κ2) is 12.7. The number of anilines is 1. The maximum absolute atomic E-state index is 13.9. The molecule has 9 nitrogen and oxygen atoms in total. The van der Waals surface area contributed by atoms with E-state index in [0.29, 0.717) is 5.75 Å². The zero-order valence-electron chi connectivity index (χ0n) is 21.9. The molecule has 0 atom stereocenters. The van der Waals surface area contributed by atoms with Crippen LogP contribution in [0.15, 0.2) is 65.6 Å². The van der Waals surface area contributed by atoms with Gasteiger partial charge in [-0.15, -0.1) is 0 Å². The summed E-state index contributed by atoms with van der Waals surface area (Å²) in [5, 5.41) is 3.05. The predicted molar refractivity (Wildman–Crippen MR) is 146 cm³/mol. The smallest absolute Gasteiger partial charge is 0.265 e. The molecule has 0 unspecified atom stereocenters. The van der Waals surface area contributed by atoms with Crippen LogP contribution in [0.25, 0.3) is 0 Å². The molecule has 1 N–H and O–H groups in total. The first kappa shape index (κ1) is 28.9. The van der Waals surface area contributed by atoms with Crippen molar-refractivity contribution in [3.63, 3.8) is 0 Å². The van der Waals surface area contributed by atoms with Gasteiger partial charge in [-0.3, -0.25) is 9.10 Å². The lowest BCUT2D eigenvalue weighted by Gasteiger charge is -2.26. The van der Waals surface area contributed by atoms with Crippen molar-refractivity contribution in [3.8, 4) is 23.0 Å². The highest BCUT2D eigenvalue weighted by atomic mass is 35.5. The molecule has 3 rings (SSSR count). The summed E-state index contributed by atoms with van der Waals surface area (Å²) >= 11 is 6.20. The molecule has 0 aliphatic heterocycles. The summed E-state index contributed by atoms with van der Waals surface area (Å²) in [5.74, 6) is 1.00. The maximum atomic E-state index is 13.9. The van der Waals surface area contributed by atoms with Gasteiger partial charge in [-0.2, -0.15) is 0 Å². The van der Waals surface area contributed by atoms with Crippen molar-refractivity contribution in [3.05, 3.63) is 71.2 Å². The number of amides is 1. The summed E-state index contributed by atoms with van der Waals surface area (Å²) in [5.41, 5.74) is 0.934. The highest BCUT2D eigenvalue weighted by Crippen LogP contribution is 2.37. The molecule has 38 heavy (non-hydrogen) atoms. The van der Waals surface area contributed by atoms with Crippen molar-refractivity contribution in [2.45, 2.75) is 31.4 Å². The van der Waals surface area contributed by atoms with Gasteiger partial charge in [0.1, 0.15) is 18.0 Å². The Kier molecular flexibility index (Phi) is 9.71. The number of carbonyl (C=O) groups is 1. The van der Waals surface area contributed by atoms with Crippen molar-refractivity contribution in [1.82, 2.24) is 5.32 Å². The topological polar surface area (TPSA) is 103 Å². The molecule has 0 heterocycles. The van der Waals surface area contributed by atoms with Crippen molar-refractivity contribution < 1.29 is 32.2 Å². The minimum absolute atomic E-state index is 0.0441. The second-order valence-corrected chi connectivity index (χ2v) is 10.7. The van der Waals surface area contributed by atoms with E-state index in [1.54, 1.807) is 6.07 Å². The molecule has 0 fully saturated rings. The van der Waals surface area contributed by atoms with Gasteiger partial charge in [0, 0.05) is 17.6 Å². The molecule has 0 radical (unpaired) electrons. The molecule has 204 valence electrons. The fraction of sp³-hybridized carbons (Fsp3) is 0.296. The Hall–Kier alpha value is -3.63. The van der Waals surface area contributed by atoms with Crippen LogP contribution in [0, 0.1) is 0 Å². The molecule has 0 aliphatic carbocycles. The lowest BCUT2D eigenvalue weighted by atomic mass is 10.2. The molecule has 0 saturated carbocycles. The normalized spacial score (nSPS) is 11.1. The second-order valence-electron chi connectivity index (χ2n) is 8.43. The van der Waals surface area contributed by atoms with Crippen LogP contribution in [0.1, 0.15) is 19.4 Å². The Morgan fingerprint density at radius 2 is 1.53 bits per heavy atom. The summed E-state index contributed by atoms with van der Waals surface area (Å²) in [7, 11) is -0.0185. The summed E-state index contributed by atoms with van der Waals surface area (Å²) in [6.45, 7) is 3.54. The number of carbonyl (C=O) groups excluding carboxylic acids is 1. The number of nitrogens with one attached hydrogen (secondary N) is 1. The van der Waals surface area contributed by atoms with E-state index in [9.17, 15) is 13.2 Å². The zero-order chi connectivity index (χ0) is 27.9. The molecule has 3 aromatic rings. The molecule has 0 saturated heterocycles. The molecule has 0 aromatic heterocycles. The Morgan fingerprint density at radius 1 is 0.895 bits per heavy atom. The van der Waals surface area contributed by atoms with E-state index >= 15 is 0 Å². The third kappa shape index (κ3) is 7.02. The number of nitrogens with zero attached hydrogens (tertiary/aromatic N) is 1. The van der Waals surface area contributed by atoms with E-state index in [4.69, 9.17) is 30.5 Å². The first-order valence-corrected chi connectivity index (χ1v) is 13.5. The number of methoxy groups -OCH3 is 3. The average molecular weight is 563 g/mol. The van der Waals surface area contributed by atoms with Crippen molar-refractivity contribution in [2.24, 2.45) is 0 Å². The SMILES string of the molecule is COc1ccc(S(=O)(=O)N(CC(=O)NCc2ccc(OC(C)C)cc2)c2cc(Cl)ccc2OC)cc1OC. The summed E-state index contributed by atoms with van der Waals surface area (Å²) in [4.78, 5) is 12.9. The molecule has 0 aliphatic rings. The zero-order valence-corrected chi connectivity index (χ0v) is 23.4. The van der Waals surface area contributed by atoms with Crippen LogP contribution in [0.3, 0.4) is 0 Å². The van der Waals surface area contributed by atoms with Gasteiger partial charge < -0.3 is 24.3 Å². The highest BCUT2D eigenvalue weighted by molar-refractivity contribution is 7.92. The molecular weight excluding hydrogens is 532 g/mol. The first-order chi connectivity index (χ1) is 18.1. The van der Waals surface area contributed by atoms with E-state index in [1.807, 2.05) is 38.1 Å². The molecule has 3 aromatic carbocycles. The number of hydrogen-bond acceptors (Lipinski definition) is 7. The number of sulfonamides is 1. The predicted octanol–water partition coefficient (Wildman–Crippen LogP) is 4.66. The molecule has 11 heteroatoms. The Bertz CT molecular complexity index is 1360. The van der Waals surface area contributed by atoms with E-state index in [0.717, 1.165) is 15.6 Å². The van der Waals surface area contributed by atoms with E-state index in [2.05, 4.69) is 5.32 Å². The highest BCUT2D eigenvalue weighted by Gasteiger charge is 2.30. The van der Waals surface area contributed by atoms with Gasteiger partial charge in [0.2, 0.25) is 5.91 Å². The summed E-state index contributed by atoms with van der Waals surface area (Å²) in [6, 6.07) is 16.0. The Labute approximate surface area is 228 Å². The van der Waals surface area contributed by atoms with Gasteiger partial charge in [-0.25, -0.2) is 8.42 Å². The number of ether oxygens (including phenoxy) is 4. The van der Waals surface area contributed by atoms with Crippen LogP contribution in [0.4, 0.5) is 5.69 Å². The van der Waals surface area contributed by atoms with Gasteiger partial charge in [0.15, 0.2) is 11.5 Å². The fourth-order valence-electron chi connectivity index (χ4n) is 3.61. The third-order valence-electron chi connectivity index (χ3n) is 5.42. The minimum Gasteiger partial charge on any atom is -0.495 e. The maximum Gasteiger partial charge on any atom is 0.265 e. The van der Waals surface area contributed by atoms with Crippen LogP contribution >= 0.6 is 11.6 Å². The van der Waals surface area contributed by atoms with Gasteiger partial charge in [0.25, 0.3) is 10.0 Å². The van der Waals surface area contributed by atoms with Gasteiger partial charge in [-0.1, -0.05) is 23.7 Å². The number of rotatable bonds is 12. The third-order valence-corrected chi connectivity index (χ3v) is 7.42. The van der Waals surface area contributed by atoms with Crippen LogP contribution in [-0.4, -0.2) is 48.3 Å². The van der Waals surface area contributed by atoms with Crippen LogP contribution < -0.4 is 28.6 Å². The monoisotopic (exact) mass is 562 g/mol. The molecule has 0 bridgehead atoms. The van der Waals surface area contributed by atoms with Crippen molar-refractivity contribution in [2.75, 3.05) is 32.2 Å². The van der Waals surface area contributed by atoms with Gasteiger partial charge in [0.05, 0.1) is 38.0 Å². The fourth-order valence-corrected chi connectivity index (χ4v) is 5.21. The first-order valence-electron chi connectivity index (χ1n) is 11.7. The number of hydrogen-bond donors (Lipinski definition) is 1. The quantitative estimate of drug-likeness (QED) is 0.342. The van der Waals surface area contributed by atoms with Crippen LogP contribution in [0.2, 0.25) is 5.02 Å². The van der Waals surface area contributed by atoms with E-state index in [-0.39, 0.29) is 39.8 Å². The van der Waals surface area contributed by atoms with E-state index < -0.39 is 22.5 Å². The average Bonchev–Trinajstić information content (AvgIpc) is 2.90. The Balaban J connectivity index is 1.91. The summed E-state index contributed by atoms with van der Waals surface area (Å²) in [6.07, 6.45) is 0.0441. The van der Waals surface area contributed by atoms with E-state index in [1.165, 1.54) is 51.7 Å². The van der Waals surface area contributed by atoms with Crippen molar-refractivity contribution in [1.29, 1.82) is 0 Å². The molecule has 0 spiro atoms. The number of benzene rings is 3. The van der Waals surface area contributed by atoms with Crippen molar-refractivity contribution >= 4 is 33.2 Å². The summed E-state index contributed by atoms with van der Waals surface area (Å²) < 4.78 is 50.2. The van der Waals surface area contributed by atoms with Gasteiger partial charge in [-0.05, 0) is 61.9 Å².